The molecule has 1 fully saturated rings. The number of hydrogen-bond acceptors (Lipinski definition) is 4. The number of benzene rings is 1. The average molecular weight is 290 g/mol. The normalized spacial score (nSPS) is 16.6. The Labute approximate surface area is 122 Å². The molecule has 0 N–H and O–H groups in total. The molecule has 0 unspecified atom stereocenters. The smallest absolute Gasteiger partial charge is 0.143 e. The van der Waals surface area contributed by atoms with Crippen molar-refractivity contribution >= 4 is 22.6 Å². The number of likely N-dealkylation sites (N-methyl/N-ethyl adjacent to an activating group) is 1. The minimum Gasteiger partial charge on any atom is -0.308 e. The maximum atomic E-state index is 9.07. The first-order valence-corrected chi connectivity index (χ1v) is 7.17. The van der Waals surface area contributed by atoms with E-state index in [0.717, 1.165) is 43.0 Å². The molecule has 1 saturated heterocycles. The summed E-state index contributed by atoms with van der Waals surface area (Å²) in [6.45, 7) is 3.89. The van der Waals surface area contributed by atoms with E-state index in [1.807, 2.05) is 12.1 Å². The average Bonchev–Trinajstić information content (AvgIpc) is 2.85. The Balaban J connectivity index is 2.09. The van der Waals surface area contributed by atoms with E-state index in [1.165, 1.54) is 0 Å². The maximum absolute atomic E-state index is 9.07. The number of nitrogens with zero attached hydrogens (tertiary/aromatic N) is 5. The van der Waals surface area contributed by atoms with Gasteiger partial charge in [0.25, 0.3) is 0 Å². The number of imidazole rings is 1. The Kier molecular flexibility index (Phi) is 3.51. The molecule has 1 aliphatic rings. The van der Waals surface area contributed by atoms with Gasteiger partial charge in [-0.15, -0.1) is 11.6 Å². The Hall–Kier alpha value is -1.77. The van der Waals surface area contributed by atoms with E-state index in [2.05, 4.69) is 32.7 Å². The monoisotopic (exact) mass is 289 g/mol. The summed E-state index contributed by atoms with van der Waals surface area (Å²) in [7, 11) is 2.12. The van der Waals surface area contributed by atoms with Crippen molar-refractivity contribution < 1.29 is 0 Å². The number of halogens is 1. The SMILES string of the molecule is CN1CCN(n2c(CCl)nc3ccc(C#N)cc32)CC1. The summed E-state index contributed by atoms with van der Waals surface area (Å²) in [5, 5.41) is 11.3. The Morgan fingerprint density at radius 2 is 2.05 bits per heavy atom. The van der Waals surface area contributed by atoms with E-state index in [4.69, 9.17) is 16.9 Å². The van der Waals surface area contributed by atoms with Crippen LogP contribution in [0.5, 0.6) is 0 Å². The van der Waals surface area contributed by atoms with Crippen LogP contribution in [0.3, 0.4) is 0 Å². The fourth-order valence-corrected chi connectivity index (χ4v) is 2.75. The van der Waals surface area contributed by atoms with E-state index in [9.17, 15) is 0 Å². The summed E-state index contributed by atoms with van der Waals surface area (Å²) in [4.78, 5) is 6.87. The molecule has 0 bridgehead atoms. The van der Waals surface area contributed by atoms with Gasteiger partial charge in [-0.3, -0.25) is 0 Å². The molecule has 1 aliphatic heterocycles. The molecular weight excluding hydrogens is 274 g/mol. The van der Waals surface area contributed by atoms with Gasteiger partial charge >= 0.3 is 0 Å². The lowest BCUT2D eigenvalue weighted by molar-refractivity contribution is 0.288. The highest BCUT2D eigenvalue weighted by molar-refractivity contribution is 6.16. The van der Waals surface area contributed by atoms with Gasteiger partial charge in [0.1, 0.15) is 5.82 Å². The molecule has 5 nitrogen and oxygen atoms in total. The molecule has 6 heteroatoms. The van der Waals surface area contributed by atoms with Gasteiger partial charge in [-0.25, -0.2) is 9.66 Å². The quantitative estimate of drug-likeness (QED) is 0.787. The van der Waals surface area contributed by atoms with Crippen LogP contribution < -0.4 is 5.01 Å². The molecule has 1 aromatic heterocycles. The van der Waals surface area contributed by atoms with Gasteiger partial charge in [0.15, 0.2) is 0 Å². The zero-order valence-electron chi connectivity index (χ0n) is 11.4. The standard InChI is InChI=1S/C14H16ClN5/c1-18-4-6-19(7-5-18)20-13-8-11(10-16)2-3-12(13)17-14(20)9-15/h2-3,8H,4-7,9H2,1H3. The van der Waals surface area contributed by atoms with Crippen LogP contribution in [-0.4, -0.2) is 47.8 Å². The Bertz CT molecular complexity index is 664. The maximum Gasteiger partial charge on any atom is 0.143 e. The van der Waals surface area contributed by atoms with E-state index >= 15 is 0 Å². The minimum atomic E-state index is 0.364. The zero-order chi connectivity index (χ0) is 14.1. The van der Waals surface area contributed by atoms with Crippen LogP contribution in [0.4, 0.5) is 0 Å². The third-order valence-corrected chi connectivity index (χ3v) is 3.95. The summed E-state index contributed by atoms with van der Waals surface area (Å²) in [6.07, 6.45) is 0. The topological polar surface area (TPSA) is 48.1 Å². The second kappa shape index (κ2) is 5.31. The van der Waals surface area contributed by atoms with Gasteiger partial charge in [0.2, 0.25) is 0 Å². The number of nitriles is 1. The number of hydrogen-bond donors (Lipinski definition) is 0. The molecule has 0 aliphatic carbocycles. The summed E-state index contributed by atoms with van der Waals surface area (Å²) in [6, 6.07) is 7.75. The lowest BCUT2D eigenvalue weighted by atomic mass is 10.2. The van der Waals surface area contributed by atoms with Crippen LogP contribution in [0.1, 0.15) is 11.4 Å². The molecule has 2 aromatic rings. The van der Waals surface area contributed by atoms with Crippen LogP contribution in [0.15, 0.2) is 18.2 Å². The molecule has 1 aromatic carbocycles. The molecule has 104 valence electrons. The van der Waals surface area contributed by atoms with Crippen molar-refractivity contribution in [3.05, 3.63) is 29.6 Å². The highest BCUT2D eigenvalue weighted by Crippen LogP contribution is 2.20. The van der Waals surface area contributed by atoms with Crippen LogP contribution in [0.25, 0.3) is 11.0 Å². The van der Waals surface area contributed by atoms with Crippen molar-refractivity contribution in [3.63, 3.8) is 0 Å². The van der Waals surface area contributed by atoms with Crippen molar-refractivity contribution in [2.45, 2.75) is 5.88 Å². The van der Waals surface area contributed by atoms with Gasteiger partial charge in [-0.2, -0.15) is 5.26 Å². The van der Waals surface area contributed by atoms with Gasteiger partial charge in [0, 0.05) is 26.2 Å². The molecule has 3 rings (SSSR count). The predicted octanol–water partition coefficient (Wildman–Crippen LogP) is 1.53. The van der Waals surface area contributed by atoms with E-state index in [0.29, 0.717) is 11.4 Å². The summed E-state index contributed by atoms with van der Waals surface area (Å²) >= 11 is 6.04. The van der Waals surface area contributed by atoms with Crippen LogP contribution >= 0.6 is 11.6 Å². The number of aromatic nitrogens is 2. The highest BCUT2D eigenvalue weighted by Gasteiger charge is 2.19. The number of fused-ring (bicyclic) bond motifs is 1. The lowest BCUT2D eigenvalue weighted by Crippen LogP contribution is -2.50. The first-order chi connectivity index (χ1) is 9.72. The lowest BCUT2D eigenvalue weighted by Gasteiger charge is -2.35. The Morgan fingerprint density at radius 1 is 1.30 bits per heavy atom. The highest BCUT2D eigenvalue weighted by atomic mass is 35.5. The molecular formula is C14H16ClN5. The third kappa shape index (κ3) is 2.21. The first kappa shape index (κ1) is 13.2. The van der Waals surface area contributed by atoms with Gasteiger partial charge in [-0.1, -0.05) is 0 Å². The largest absolute Gasteiger partial charge is 0.308 e. The van der Waals surface area contributed by atoms with Gasteiger partial charge in [0.05, 0.1) is 28.5 Å². The minimum absolute atomic E-state index is 0.364. The van der Waals surface area contributed by atoms with Crippen LogP contribution in [0, 0.1) is 11.3 Å². The van der Waals surface area contributed by atoms with Crippen molar-refractivity contribution in [1.29, 1.82) is 5.26 Å². The summed E-state index contributed by atoms with van der Waals surface area (Å²) in [5.41, 5.74) is 2.50. The molecule has 2 heterocycles. The van der Waals surface area contributed by atoms with Gasteiger partial charge in [-0.05, 0) is 25.2 Å². The molecule has 0 radical (unpaired) electrons. The van der Waals surface area contributed by atoms with E-state index in [-0.39, 0.29) is 0 Å². The number of alkyl halides is 1. The molecule has 0 saturated carbocycles. The second-order valence-electron chi connectivity index (χ2n) is 5.05. The van der Waals surface area contributed by atoms with Crippen LogP contribution in [0.2, 0.25) is 0 Å². The zero-order valence-corrected chi connectivity index (χ0v) is 12.1. The van der Waals surface area contributed by atoms with E-state index in [1.54, 1.807) is 6.07 Å². The van der Waals surface area contributed by atoms with Crippen molar-refractivity contribution in [2.75, 3.05) is 38.2 Å². The molecule has 0 atom stereocenters. The van der Waals surface area contributed by atoms with Crippen LogP contribution in [-0.2, 0) is 5.88 Å². The third-order valence-electron chi connectivity index (χ3n) is 3.71. The van der Waals surface area contributed by atoms with Crippen molar-refractivity contribution in [2.24, 2.45) is 0 Å². The first-order valence-electron chi connectivity index (χ1n) is 6.64. The second-order valence-corrected chi connectivity index (χ2v) is 5.31. The van der Waals surface area contributed by atoms with Gasteiger partial charge < -0.3 is 9.91 Å². The fourth-order valence-electron chi connectivity index (χ4n) is 2.58. The molecule has 0 spiro atoms. The molecule has 20 heavy (non-hydrogen) atoms. The number of rotatable bonds is 2. The molecule has 0 amide bonds. The Morgan fingerprint density at radius 3 is 2.70 bits per heavy atom. The summed E-state index contributed by atoms with van der Waals surface area (Å²) in [5.74, 6) is 1.20. The number of piperazine rings is 1. The van der Waals surface area contributed by atoms with E-state index < -0.39 is 0 Å². The van der Waals surface area contributed by atoms with Crippen molar-refractivity contribution in [3.8, 4) is 6.07 Å². The summed E-state index contributed by atoms with van der Waals surface area (Å²) < 4.78 is 2.08. The fraction of sp³-hybridized carbons (Fsp3) is 0.429. The predicted molar refractivity (Wildman–Crippen MR) is 79.5 cm³/mol. The van der Waals surface area contributed by atoms with Crippen molar-refractivity contribution in [1.82, 2.24) is 14.6 Å².